The van der Waals surface area contributed by atoms with E-state index < -0.39 is 0 Å². The van der Waals surface area contributed by atoms with E-state index in [4.69, 9.17) is 14.1 Å². The smallest absolute Gasteiger partial charge is 0.217 e. The first-order chi connectivity index (χ1) is 15.1. The number of thiophene rings is 1. The molecular weight excluding hydrogens is 415 g/mol. The average Bonchev–Trinajstić information content (AvgIpc) is 3.48. The number of halogens is 1. The number of rotatable bonds is 4. The fourth-order valence-corrected chi connectivity index (χ4v) is 5.45. The van der Waals surface area contributed by atoms with Gasteiger partial charge in [-0.25, -0.2) is 18.9 Å². The van der Waals surface area contributed by atoms with Crippen molar-refractivity contribution in [1.82, 2.24) is 19.6 Å². The van der Waals surface area contributed by atoms with Crippen LogP contribution in [0.1, 0.15) is 29.5 Å². The topological polar surface area (TPSA) is 65.5 Å². The Labute approximate surface area is 181 Å². The standard InChI is InChI=1S/C23H19FN4O2S/c1-13-2-8-17-19(10-13)31-23-20(17)22-26-21(27-28(22)12-25-23)18-9-7-16(30-18)11-29-15-5-3-14(24)4-6-15/h3-7,9,12-13H,2,8,10-11H2,1H3. The molecule has 0 fully saturated rings. The van der Waals surface area contributed by atoms with Crippen LogP contribution in [0.25, 0.3) is 27.4 Å². The molecule has 0 spiro atoms. The highest BCUT2D eigenvalue weighted by molar-refractivity contribution is 7.19. The van der Waals surface area contributed by atoms with Crippen LogP contribution in [0.2, 0.25) is 0 Å². The van der Waals surface area contributed by atoms with E-state index in [1.54, 1.807) is 34.3 Å². The minimum atomic E-state index is -0.296. The predicted molar refractivity (Wildman–Crippen MR) is 116 cm³/mol. The van der Waals surface area contributed by atoms with Crippen LogP contribution in [-0.2, 0) is 19.4 Å². The molecule has 0 saturated heterocycles. The highest BCUT2D eigenvalue weighted by Gasteiger charge is 2.24. The molecule has 0 radical (unpaired) electrons. The molecule has 1 unspecified atom stereocenters. The Balaban J connectivity index is 1.31. The van der Waals surface area contributed by atoms with E-state index in [0.717, 1.165) is 28.7 Å². The van der Waals surface area contributed by atoms with Gasteiger partial charge >= 0.3 is 0 Å². The van der Waals surface area contributed by atoms with E-state index in [2.05, 4.69) is 17.0 Å². The predicted octanol–water partition coefficient (Wildman–Crippen LogP) is 5.44. The third-order valence-electron chi connectivity index (χ3n) is 5.71. The molecule has 156 valence electrons. The maximum absolute atomic E-state index is 13.0. The van der Waals surface area contributed by atoms with Crippen molar-refractivity contribution in [3.63, 3.8) is 0 Å². The second-order valence-corrected chi connectivity index (χ2v) is 9.07. The summed E-state index contributed by atoms with van der Waals surface area (Å²) in [6.07, 6.45) is 5.09. The first-order valence-corrected chi connectivity index (χ1v) is 11.1. The lowest BCUT2D eigenvalue weighted by Crippen LogP contribution is -2.08. The Morgan fingerprint density at radius 2 is 2.10 bits per heavy atom. The van der Waals surface area contributed by atoms with Gasteiger partial charge in [0.15, 0.2) is 11.4 Å². The zero-order valence-corrected chi connectivity index (χ0v) is 17.7. The zero-order chi connectivity index (χ0) is 20.9. The number of furan rings is 1. The number of hydrogen-bond donors (Lipinski definition) is 0. The number of nitrogens with zero attached hydrogens (tertiary/aromatic N) is 4. The monoisotopic (exact) mass is 434 g/mol. The first kappa shape index (κ1) is 18.5. The van der Waals surface area contributed by atoms with Gasteiger partial charge in [-0.2, -0.15) is 0 Å². The van der Waals surface area contributed by atoms with Gasteiger partial charge < -0.3 is 9.15 Å². The maximum Gasteiger partial charge on any atom is 0.217 e. The molecule has 6 nitrogen and oxygen atoms in total. The summed E-state index contributed by atoms with van der Waals surface area (Å²) >= 11 is 1.78. The molecule has 31 heavy (non-hydrogen) atoms. The Hall–Kier alpha value is -3.26. The summed E-state index contributed by atoms with van der Waals surface area (Å²) in [7, 11) is 0. The zero-order valence-electron chi connectivity index (χ0n) is 16.8. The Morgan fingerprint density at radius 3 is 2.97 bits per heavy atom. The van der Waals surface area contributed by atoms with Crippen LogP contribution >= 0.6 is 11.3 Å². The first-order valence-electron chi connectivity index (χ1n) is 10.3. The Morgan fingerprint density at radius 1 is 1.23 bits per heavy atom. The summed E-state index contributed by atoms with van der Waals surface area (Å²) < 4.78 is 26.3. The summed E-state index contributed by atoms with van der Waals surface area (Å²) in [6, 6.07) is 9.58. The molecule has 0 amide bonds. The summed E-state index contributed by atoms with van der Waals surface area (Å²) in [4.78, 5) is 11.9. The molecule has 1 atom stereocenters. The molecule has 0 saturated carbocycles. The molecule has 6 rings (SSSR count). The minimum Gasteiger partial charge on any atom is -0.486 e. The van der Waals surface area contributed by atoms with Gasteiger partial charge in [-0.05, 0) is 67.1 Å². The van der Waals surface area contributed by atoms with Crippen LogP contribution < -0.4 is 4.74 Å². The van der Waals surface area contributed by atoms with Crippen LogP contribution in [0, 0.1) is 11.7 Å². The third-order valence-corrected chi connectivity index (χ3v) is 6.87. The van der Waals surface area contributed by atoms with Gasteiger partial charge in [-0.1, -0.05) is 6.92 Å². The lowest BCUT2D eigenvalue weighted by Gasteiger charge is -2.17. The van der Waals surface area contributed by atoms with Gasteiger partial charge in [-0.3, -0.25) is 0 Å². The number of aromatic nitrogens is 4. The average molecular weight is 434 g/mol. The van der Waals surface area contributed by atoms with E-state index in [0.29, 0.717) is 29.0 Å². The molecule has 4 aromatic heterocycles. The molecular formula is C23H19FN4O2S. The van der Waals surface area contributed by atoms with E-state index in [-0.39, 0.29) is 12.4 Å². The number of ether oxygens (including phenoxy) is 1. The Bertz CT molecular complexity index is 1400. The lowest BCUT2D eigenvalue weighted by molar-refractivity contribution is 0.271. The Kier molecular flexibility index (Phi) is 4.27. The van der Waals surface area contributed by atoms with Gasteiger partial charge in [0.25, 0.3) is 0 Å². The fraction of sp³-hybridized carbons (Fsp3) is 0.261. The van der Waals surface area contributed by atoms with Gasteiger partial charge in [0, 0.05) is 4.88 Å². The highest BCUT2D eigenvalue weighted by Crippen LogP contribution is 2.38. The molecule has 8 heteroatoms. The summed E-state index contributed by atoms with van der Waals surface area (Å²) in [5, 5.41) is 5.71. The molecule has 4 heterocycles. The minimum absolute atomic E-state index is 0.237. The van der Waals surface area contributed by atoms with Crippen LogP contribution in [-0.4, -0.2) is 19.6 Å². The molecule has 5 aromatic rings. The fourth-order valence-electron chi connectivity index (χ4n) is 4.10. The van der Waals surface area contributed by atoms with Crippen molar-refractivity contribution in [1.29, 1.82) is 0 Å². The third kappa shape index (κ3) is 3.27. The van der Waals surface area contributed by atoms with Gasteiger partial charge in [0.05, 0.1) is 5.39 Å². The van der Waals surface area contributed by atoms with Crippen LogP contribution in [0.4, 0.5) is 4.39 Å². The summed E-state index contributed by atoms with van der Waals surface area (Å²) in [6.45, 7) is 2.54. The molecule has 0 N–H and O–H groups in total. The SMILES string of the molecule is CC1CCc2c(sc3ncn4nc(-c5ccc(COc6ccc(F)cc6)o5)nc4c23)C1. The largest absolute Gasteiger partial charge is 0.486 e. The molecule has 0 bridgehead atoms. The van der Waals surface area contributed by atoms with Crippen molar-refractivity contribution in [3.8, 4) is 17.3 Å². The van der Waals surface area contributed by atoms with Gasteiger partial charge in [-0.15, -0.1) is 16.4 Å². The van der Waals surface area contributed by atoms with Crippen molar-refractivity contribution in [2.45, 2.75) is 32.8 Å². The van der Waals surface area contributed by atoms with Gasteiger partial charge in [0.1, 0.15) is 35.1 Å². The van der Waals surface area contributed by atoms with E-state index in [1.165, 1.54) is 29.0 Å². The normalized spacial score (nSPS) is 16.1. The molecule has 0 aliphatic heterocycles. The van der Waals surface area contributed by atoms with Crippen molar-refractivity contribution in [2.24, 2.45) is 5.92 Å². The van der Waals surface area contributed by atoms with E-state index in [9.17, 15) is 4.39 Å². The quantitative estimate of drug-likeness (QED) is 0.377. The number of aryl methyl sites for hydroxylation is 1. The maximum atomic E-state index is 13.0. The van der Waals surface area contributed by atoms with Crippen molar-refractivity contribution in [2.75, 3.05) is 0 Å². The van der Waals surface area contributed by atoms with E-state index >= 15 is 0 Å². The summed E-state index contributed by atoms with van der Waals surface area (Å²) in [5.74, 6) is 2.73. The van der Waals surface area contributed by atoms with Crippen LogP contribution in [0.15, 0.2) is 47.1 Å². The number of hydrogen-bond acceptors (Lipinski definition) is 6. The summed E-state index contributed by atoms with van der Waals surface area (Å²) in [5.41, 5.74) is 2.20. The second kappa shape index (κ2) is 7.16. The van der Waals surface area contributed by atoms with E-state index in [1.807, 2.05) is 12.1 Å². The number of benzene rings is 1. The van der Waals surface area contributed by atoms with Crippen LogP contribution in [0.3, 0.4) is 0 Å². The van der Waals surface area contributed by atoms with Crippen molar-refractivity contribution in [3.05, 3.63) is 64.7 Å². The molecule has 1 aliphatic rings. The van der Waals surface area contributed by atoms with Crippen molar-refractivity contribution < 1.29 is 13.5 Å². The second-order valence-electron chi connectivity index (χ2n) is 7.99. The lowest BCUT2D eigenvalue weighted by atomic mass is 9.89. The highest BCUT2D eigenvalue weighted by atomic mass is 32.1. The van der Waals surface area contributed by atoms with Crippen LogP contribution in [0.5, 0.6) is 5.75 Å². The molecule has 1 aromatic carbocycles. The van der Waals surface area contributed by atoms with Crippen molar-refractivity contribution >= 4 is 27.2 Å². The molecule has 1 aliphatic carbocycles. The van der Waals surface area contributed by atoms with Gasteiger partial charge in [0.2, 0.25) is 5.82 Å². The number of fused-ring (bicyclic) bond motifs is 5.